The quantitative estimate of drug-likeness (QED) is 0.709. The first-order valence-corrected chi connectivity index (χ1v) is 7.02. The molecule has 3 nitrogen and oxygen atoms in total. The Hall–Kier alpha value is -0.120. The van der Waals surface area contributed by atoms with Gasteiger partial charge in [0.25, 0.3) is 0 Å². The molecular weight excluding hydrogens is 198 g/mol. The Labute approximate surface area is 100 Å². The third-order valence-corrected chi connectivity index (χ3v) is 4.29. The van der Waals surface area contributed by atoms with E-state index in [2.05, 4.69) is 28.5 Å². The number of likely N-dealkylation sites (N-methyl/N-ethyl adjacent to an activating group) is 2. The molecule has 0 radical (unpaired) electrons. The van der Waals surface area contributed by atoms with E-state index in [1.165, 1.54) is 65.2 Å². The lowest BCUT2D eigenvalue weighted by Crippen LogP contribution is -2.50. The van der Waals surface area contributed by atoms with Crippen molar-refractivity contribution in [2.45, 2.75) is 32.7 Å². The first-order chi connectivity index (χ1) is 7.83. The fraction of sp³-hybridized carbons (Fsp3) is 1.00. The predicted molar refractivity (Wildman–Crippen MR) is 68.8 cm³/mol. The second-order valence-electron chi connectivity index (χ2n) is 5.16. The van der Waals surface area contributed by atoms with Gasteiger partial charge >= 0.3 is 0 Å². The smallest absolute Gasteiger partial charge is 0.0223 e. The summed E-state index contributed by atoms with van der Waals surface area (Å²) < 4.78 is 0. The average molecular weight is 225 g/mol. The minimum atomic E-state index is 0.846. The fourth-order valence-corrected chi connectivity index (χ4v) is 3.10. The average Bonchev–Trinajstić information content (AvgIpc) is 2.77. The van der Waals surface area contributed by atoms with Crippen LogP contribution in [0.25, 0.3) is 0 Å². The topological polar surface area (TPSA) is 9.72 Å². The molecule has 0 saturated carbocycles. The van der Waals surface area contributed by atoms with Gasteiger partial charge in [-0.05, 0) is 32.5 Å². The number of nitrogens with zero attached hydrogens (tertiary/aromatic N) is 3. The molecule has 0 N–H and O–H groups in total. The SMILES string of the molecule is CCN1CCN(CC2CCCN2CC)CC1. The molecule has 0 aromatic heterocycles. The van der Waals surface area contributed by atoms with Crippen molar-refractivity contribution in [3.63, 3.8) is 0 Å². The predicted octanol–water partition coefficient (Wildman–Crippen LogP) is 1.11. The van der Waals surface area contributed by atoms with Crippen LogP contribution >= 0.6 is 0 Å². The first kappa shape index (κ1) is 12.3. The highest BCUT2D eigenvalue weighted by Crippen LogP contribution is 2.18. The van der Waals surface area contributed by atoms with Crippen molar-refractivity contribution in [2.75, 3.05) is 52.4 Å². The lowest BCUT2D eigenvalue weighted by atomic mass is 10.2. The highest BCUT2D eigenvalue weighted by Gasteiger charge is 2.26. The van der Waals surface area contributed by atoms with E-state index in [1.807, 2.05) is 0 Å². The summed E-state index contributed by atoms with van der Waals surface area (Å²) in [6.45, 7) is 14.8. The molecule has 0 bridgehead atoms. The molecule has 0 aromatic rings. The van der Waals surface area contributed by atoms with Crippen LogP contribution < -0.4 is 0 Å². The van der Waals surface area contributed by atoms with Gasteiger partial charge < -0.3 is 4.90 Å². The Morgan fingerprint density at radius 1 is 0.875 bits per heavy atom. The molecule has 2 saturated heterocycles. The number of piperazine rings is 1. The van der Waals surface area contributed by atoms with Crippen molar-refractivity contribution in [2.24, 2.45) is 0 Å². The van der Waals surface area contributed by atoms with Crippen molar-refractivity contribution in [3.8, 4) is 0 Å². The summed E-state index contributed by atoms with van der Waals surface area (Å²) in [6, 6.07) is 0.846. The largest absolute Gasteiger partial charge is 0.301 e. The Balaban J connectivity index is 1.73. The van der Waals surface area contributed by atoms with Crippen LogP contribution in [0.15, 0.2) is 0 Å². The first-order valence-electron chi connectivity index (χ1n) is 7.02. The van der Waals surface area contributed by atoms with E-state index >= 15 is 0 Å². The zero-order chi connectivity index (χ0) is 11.4. The molecule has 1 unspecified atom stereocenters. The van der Waals surface area contributed by atoms with Crippen LogP contribution in [0.4, 0.5) is 0 Å². The minimum absolute atomic E-state index is 0.846. The second kappa shape index (κ2) is 5.99. The van der Waals surface area contributed by atoms with E-state index in [0.717, 1.165) is 6.04 Å². The second-order valence-corrected chi connectivity index (χ2v) is 5.16. The Kier molecular flexibility index (Phi) is 4.62. The van der Waals surface area contributed by atoms with E-state index in [-0.39, 0.29) is 0 Å². The molecule has 16 heavy (non-hydrogen) atoms. The zero-order valence-corrected chi connectivity index (χ0v) is 11.0. The van der Waals surface area contributed by atoms with Gasteiger partial charge in [0.05, 0.1) is 0 Å². The molecule has 2 aliphatic heterocycles. The van der Waals surface area contributed by atoms with Crippen molar-refractivity contribution in [1.29, 1.82) is 0 Å². The van der Waals surface area contributed by atoms with Gasteiger partial charge in [0.2, 0.25) is 0 Å². The van der Waals surface area contributed by atoms with Crippen LogP contribution in [-0.4, -0.2) is 73.1 Å². The highest BCUT2D eigenvalue weighted by molar-refractivity contribution is 4.83. The third kappa shape index (κ3) is 2.96. The monoisotopic (exact) mass is 225 g/mol. The summed E-state index contributed by atoms with van der Waals surface area (Å²) in [7, 11) is 0. The van der Waals surface area contributed by atoms with Gasteiger partial charge in [-0.1, -0.05) is 13.8 Å². The number of hydrogen-bond donors (Lipinski definition) is 0. The van der Waals surface area contributed by atoms with Crippen LogP contribution in [0.5, 0.6) is 0 Å². The summed E-state index contributed by atoms with van der Waals surface area (Å²) in [5.41, 5.74) is 0. The van der Waals surface area contributed by atoms with Gasteiger partial charge in [0.15, 0.2) is 0 Å². The van der Waals surface area contributed by atoms with Crippen molar-refractivity contribution < 1.29 is 0 Å². The standard InChI is InChI=1S/C13H27N3/c1-3-14-8-10-15(11-9-14)12-13-6-5-7-16(13)4-2/h13H,3-12H2,1-2H3. The molecule has 0 amide bonds. The van der Waals surface area contributed by atoms with Crippen LogP contribution in [0.1, 0.15) is 26.7 Å². The summed E-state index contributed by atoms with van der Waals surface area (Å²) >= 11 is 0. The number of rotatable bonds is 4. The molecule has 1 atom stereocenters. The molecule has 94 valence electrons. The molecule has 2 heterocycles. The minimum Gasteiger partial charge on any atom is -0.301 e. The Bertz CT molecular complexity index is 199. The summed E-state index contributed by atoms with van der Waals surface area (Å²) in [4.78, 5) is 7.89. The van der Waals surface area contributed by atoms with Gasteiger partial charge in [-0.2, -0.15) is 0 Å². The normalized spacial score (nSPS) is 30.0. The van der Waals surface area contributed by atoms with Crippen LogP contribution in [-0.2, 0) is 0 Å². The van der Waals surface area contributed by atoms with E-state index in [0.29, 0.717) is 0 Å². The summed E-state index contributed by atoms with van der Waals surface area (Å²) in [6.07, 6.45) is 2.83. The Morgan fingerprint density at radius 2 is 1.56 bits per heavy atom. The van der Waals surface area contributed by atoms with Gasteiger partial charge in [-0.15, -0.1) is 0 Å². The molecule has 0 aliphatic carbocycles. The molecule has 2 aliphatic rings. The third-order valence-electron chi connectivity index (χ3n) is 4.29. The maximum absolute atomic E-state index is 2.67. The van der Waals surface area contributed by atoms with Crippen LogP contribution in [0.3, 0.4) is 0 Å². The molecule has 2 fully saturated rings. The molecule has 0 spiro atoms. The number of hydrogen-bond acceptors (Lipinski definition) is 3. The van der Waals surface area contributed by atoms with E-state index in [1.54, 1.807) is 0 Å². The number of likely N-dealkylation sites (tertiary alicyclic amines) is 1. The summed E-state index contributed by atoms with van der Waals surface area (Å²) in [5, 5.41) is 0. The van der Waals surface area contributed by atoms with Gasteiger partial charge in [-0.3, -0.25) is 9.80 Å². The molecule has 3 heteroatoms. The zero-order valence-electron chi connectivity index (χ0n) is 11.0. The van der Waals surface area contributed by atoms with Crippen LogP contribution in [0, 0.1) is 0 Å². The maximum atomic E-state index is 2.67. The lowest BCUT2D eigenvalue weighted by Gasteiger charge is -2.36. The van der Waals surface area contributed by atoms with Gasteiger partial charge in [0.1, 0.15) is 0 Å². The van der Waals surface area contributed by atoms with E-state index < -0.39 is 0 Å². The highest BCUT2D eigenvalue weighted by atomic mass is 15.3. The van der Waals surface area contributed by atoms with Crippen molar-refractivity contribution >= 4 is 0 Å². The molecular formula is C13H27N3. The lowest BCUT2D eigenvalue weighted by molar-refractivity contribution is 0.108. The van der Waals surface area contributed by atoms with Crippen molar-refractivity contribution in [1.82, 2.24) is 14.7 Å². The molecule has 0 aromatic carbocycles. The fourth-order valence-electron chi connectivity index (χ4n) is 3.10. The Morgan fingerprint density at radius 3 is 2.19 bits per heavy atom. The van der Waals surface area contributed by atoms with Gasteiger partial charge in [-0.25, -0.2) is 0 Å². The summed E-state index contributed by atoms with van der Waals surface area (Å²) in [5.74, 6) is 0. The van der Waals surface area contributed by atoms with Crippen LogP contribution in [0.2, 0.25) is 0 Å². The molecule has 2 rings (SSSR count). The van der Waals surface area contributed by atoms with Crippen molar-refractivity contribution in [3.05, 3.63) is 0 Å². The maximum Gasteiger partial charge on any atom is 0.0223 e. The van der Waals surface area contributed by atoms with E-state index in [4.69, 9.17) is 0 Å². The van der Waals surface area contributed by atoms with E-state index in [9.17, 15) is 0 Å². The van der Waals surface area contributed by atoms with Gasteiger partial charge in [0, 0.05) is 38.8 Å².